The summed E-state index contributed by atoms with van der Waals surface area (Å²) in [6.07, 6.45) is 4.57. The maximum atomic E-state index is 13.0. The van der Waals surface area contributed by atoms with Crippen molar-refractivity contribution in [2.75, 3.05) is 6.54 Å². The molecule has 5 nitrogen and oxygen atoms in total. The van der Waals surface area contributed by atoms with Gasteiger partial charge in [-0.1, -0.05) is 29.8 Å². The van der Waals surface area contributed by atoms with Gasteiger partial charge in [0.05, 0.1) is 10.9 Å². The number of fused-ring (bicyclic) bond motifs is 1. The maximum Gasteiger partial charge on any atom is 0.243 e. The van der Waals surface area contributed by atoms with Crippen LogP contribution in [-0.4, -0.2) is 31.2 Å². The Labute approximate surface area is 177 Å². The van der Waals surface area contributed by atoms with Crippen LogP contribution >= 0.6 is 11.6 Å². The van der Waals surface area contributed by atoms with E-state index in [4.69, 9.17) is 11.6 Å². The summed E-state index contributed by atoms with van der Waals surface area (Å²) in [6.45, 7) is 2.29. The molecule has 1 aliphatic heterocycles. The lowest BCUT2D eigenvalue weighted by molar-refractivity contribution is -0.124. The van der Waals surface area contributed by atoms with Gasteiger partial charge in [-0.05, 0) is 80.0 Å². The maximum absolute atomic E-state index is 13.0. The van der Waals surface area contributed by atoms with Crippen LogP contribution in [0.1, 0.15) is 48.9 Å². The van der Waals surface area contributed by atoms with E-state index in [9.17, 15) is 13.2 Å². The van der Waals surface area contributed by atoms with Crippen LogP contribution in [0.2, 0.25) is 5.02 Å². The fourth-order valence-corrected chi connectivity index (χ4v) is 6.07. The third kappa shape index (κ3) is 4.06. The van der Waals surface area contributed by atoms with Crippen molar-refractivity contribution in [1.82, 2.24) is 9.62 Å². The van der Waals surface area contributed by atoms with Gasteiger partial charge in [0.15, 0.2) is 0 Å². The molecule has 0 spiro atoms. The predicted molar refractivity (Wildman–Crippen MR) is 113 cm³/mol. The molecule has 154 valence electrons. The van der Waals surface area contributed by atoms with Gasteiger partial charge < -0.3 is 5.32 Å². The van der Waals surface area contributed by atoms with Gasteiger partial charge in [-0.25, -0.2) is 8.42 Å². The van der Waals surface area contributed by atoms with Gasteiger partial charge in [-0.2, -0.15) is 4.31 Å². The fraction of sp³-hybridized carbons (Fsp3) is 0.409. The fourth-order valence-electron chi connectivity index (χ4n) is 4.29. The second kappa shape index (κ2) is 8.09. The zero-order chi connectivity index (χ0) is 20.6. The minimum Gasteiger partial charge on any atom is -0.348 e. The molecule has 2 aromatic rings. The second-order valence-electron chi connectivity index (χ2n) is 7.84. The summed E-state index contributed by atoms with van der Waals surface area (Å²) >= 11 is 5.88. The standard InChI is InChI=1S/C22H25ClN2O3S/c1-15(17-8-7-16-4-2-5-18(16)14-17)24-22(26)21-6-3-13-25(21)29(27,28)20-11-9-19(23)10-12-20/h7-12,14-15,21H,2-6,13H2,1H3,(H,24,26). The zero-order valence-electron chi connectivity index (χ0n) is 16.4. The number of amides is 1. The Morgan fingerprint density at radius 2 is 1.83 bits per heavy atom. The van der Waals surface area contributed by atoms with E-state index in [2.05, 4.69) is 23.5 Å². The van der Waals surface area contributed by atoms with Crippen molar-refractivity contribution in [3.63, 3.8) is 0 Å². The summed E-state index contributed by atoms with van der Waals surface area (Å²) in [5, 5.41) is 3.50. The normalized spacial score (nSPS) is 20.4. The number of benzene rings is 2. The zero-order valence-corrected chi connectivity index (χ0v) is 18.0. The number of hydrogen-bond acceptors (Lipinski definition) is 3. The summed E-state index contributed by atoms with van der Waals surface area (Å²) < 4.78 is 27.4. The van der Waals surface area contributed by atoms with E-state index < -0.39 is 16.1 Å². The van der Waals surface area contributed by atoms with Crippen LogP contribution < -0.4 is 5.32 Å². The number of hydrogen-bond donors (Lipinski definition) is 1. The molecule has 4 rings (SSSR count). The molecule has 1 fully saturated rings. The van der Waals surface area contributed by atoms with Crippen LogP contribution in [0, 0.1) is 0 Å². The summed E-state index contributed by atoms with van der Waals surface area (Å²) in [5.41, 5.74) is 3.81. The van der Waals surface area contributed by atoms with Crippen molar-refractivity contribution in [3.05, 3.63) is 64.2 Å². The van der Waals surface area contributed by atoms with Crippen molar-refractivity contribution < 1.29 is 13.2 Å². The number of sulfonamides is 1. The summed E-state index contributed by atoms with van der Waals surface area (Å²) in [6, 6.07) is 11.6. The molecule has 2 aromatic carbocycles. The first-order valence-corrected chi connectivity index (χ1v) is 11.9. The molecule has 1 amide bonds. The van der Waals surface area contributed by atoms with Crippen LogP contribution in [0.3, 0.4) is 0 Å². The number of nitrogens with one attached hydrogen (secondary N) is 1. The quantitative estimate of drug-likeness (QED) is 0.780. The molecule has 1 N–H and O–H groups in total. The Morgan fingerprint density at radius 1 is 1.10 bits per heavy atom. The third-order valence-corrected chi connectivity index (χ3v) is 8.08. The van der Waals surface area contributed by atoms with Crippen LogP contribution in [-0.2, 0) is 27.7 Å². The van der Waals surface area contributed by atoms with Crippen molar-refractivity contribution in [2.24, 2.45) is 0 Å². The topological polar surface area (TPSA) is 66.5 Å². The number of carbonyl (C=O) groups excluding carboxylic acids is 1. The molecular weight excluding hydrogens is 408 g/mol. The van der Waals surface area contributed by atoms with Gasteiger partial charge in [0, 0.05) is 11.6 Å². The van der Waals surface area contributed by atoms with Crippen molar-refractivity contribution in [2.45, 2.75) is 56.0 Å². The Bertz CT molecular complexity index is 1020. The minimum atomic E-state index is -3.74. The number of nitrogens with zero attached hydrogens (tertiary/aromatic N) is 1. The highest BCUT2D eigenvalue weighted by Crippen LogP contribution is 2.29. The predicted octanol–water partition coefficient (Wildman–Crippen LogP) is 3.86. The number of aryl methyl sites for hydroxylation is 2. The molecule has 0 bridgehead atoms. The van der Waals surface area contributed by atoms with Crippen LogP contribution in [0.4, 0.5) is 0 Å². The Balaban J connectivity index is 1.49. The molecule has 1 saturated heterocycles. The van der Waals surface area contributed by atoms with Crippen LogP contribution in [0.15, 0.2) is 47.4 Å². The van der Waals surface area contributed by atoms with Crippen molar-refractivity contribution >= 4 is 27.5 Å². The average molecular weight is 433 g/mol. The largest absolute Gasteiger partial charge is 0.348 e. The molecule has 0 saturated carbocycles. The molecule has 0 aromatic heterocycles. The van der Waals surface area contributed by atoms with Gasteiger partial charge in [-0.3, -0.25) is 4.79 Å². The molecule has 1 heterocycles. The first-order chi connectivity index (χ1) is 13.9. The number of carbonyl (C=O) groups is 1. The number of halogens is 1. The van der Waals surface area contributed by atoms with Gasteiger partial charge >= 0.3 is 0 Å². The first-order valence-electron chi connectivity index (χ1n) is 10.1. The van der Waals surface area contributed by atoms with E-state index in [0.29, 0.717) is 24.4 Å². The highest BCUT2D eigenvalue weighted by molar-refractivity contribution is 7.89. The van der Waals surface area contributed by atoms with E-state index in [-0.39, 0.29) is 16.8 Å². The Hall–Kier alpha value is -1.89. The van der Waals surface area contributed by atoms with Gasteiger partial charge in [0.2, 0.25) is 15.9 Å². The highest BCUT2D eigenvalue weighted by atomic mass is 35.5. The average Bonchev–Trinajstić information content (AvgIpc) is 3.37. The van der Waals surface area contributed by atoms with Gasteiger partial charge in [0.25, 0.3) is 0 Å². The van der Waals surface area contributed by atoms with Crippen LogP contribution in [0.25, 0.3) is 0 Å². The lowest BCUT2D eigenvalue weighted by atomic mass is 10.0. The van der Waals surface area contributed by atoms with E-state index >= 15 is 0 Å². The molecule has 2 aliphatic rings. The molecule has 7 heteroatoms. The van der Waals surface area contributed by atoms with Gasteiger partial charge in [0.1, 0.15) is 6.04 Å². The first kappa shape index (κ1) is 20.4. The SMILES string of the molecule is CC(NC(=O)C1CCCN1S(=O)(=O)c1ccc(Cl)cc1)c1ccc2c(c1)CCC2. The second-order valence-corrected chi connectivity index (χ2v) is 10.2. The summed E-state index contributed by atoms with van der Waals surface area (Å²) in [4.78, 5) is 13.1. The molecular formula is C22H25ClN2O3S. The molecule has 1 aliphatic carbocycles. The third-order valence-electron chi connectivity index (χ3n) is 5.91. The molecule has 2 unspecified atom stereocenters. The van der Waals surface area contributed by atoms with E-state index in [1.165, 1.54) is 34.0 Å². The summed E-state index contributed by atoms with van der Waals surface area (Å²) in [7, 11) is -3.74. The highest BCUT2D eigenvalue weighted by Gasteiger charge is 2.39. The van der Waals surface area contributed by atoms with Gasteiger partial charge in [-0.15, -0.1) is 0 Å². The smallest absolute Gasteiger partial charge is 0.243 e. The van der Waals surface area contributed by atoms with Crippen molar-refractivity contribution in [1.29, 1.82) is 0 Å². The molecule has 2 atom stereocenters. The van der Waals surface area contributed by atoms with E-state index in [1.54, 1.807) is 12.1 Å². The Morgan fingerprint density at radius 3 is 2.59 bits per heavy atom. The molecule has 29 heavy (non-hydrogen) atoms. The monoisotopic (exact) mass is 432 g/mol. The van der Waals surface area contributed by atoms with E-state index in [0.717, 1.165) is 18.4 Å². The summed E-state index contributed by atoms with van der Waals surface area (Å²) in [5.74, 6) is -0.243. The Kier molecular flexibility index (Phi) is 5.69. The van der Waals surface area contributed by atoms with Crippen LogP contribution in [0.5, 0.6) is 0 Å². The number of rotatable bonds is 5. The molecule has 0 radical (unpaired) electrons. The van der Waals surface area contributed by atoms with E-state index in [1.807, 2.05) is 6.92 Å². The minimum absolute atomic E-state index is 0.160. The van der Waals surface area contributed by atoms with Crippen molar-refractivity contribution in [3.8, 4) is 0 Å². The lowest BCUT2D eigenvalue weighted by Crippen LogP contribution is -2.46. The lowest BCUT2D eigenvalue weighted by Gasteiger charge is -2.25.